The van der Waals surface area contributed by atoms with Gasteiger partial charge in [0.05, 0.1) is 29.9 Å². The zero-order chi connectivity index (χ0) is 21.6. The van der Waals surface area contributed by atoms with Gasteiger partial charge in [-0.15, -0.1) is 0 Å². The van der Waals surface area contributed by atoms with Gasteiger partial charge in [0.25, 0.3) is 11.5 Å². The van der Waals surface area contributed by atoms with Crippen LogP contribution >= 0.6 is 0 Å². The average Bonchev–Trinajstić information content (AvgIpc) is 2.80. The third kappa shape index (κ3) is 4.92. The van der Waals surface area contributed by atoms with E-state index in [4.69, 9.17) is 4.74 Å². The van der Waals surface area contributed by atoms with Crippen molar-refractivity contribution in [1.29, 1.82) is 0 Å². The molecule has 7 nitrogen and oxygen atoms in total. The number of aromatic nitrogens is 3. The Balaban J connectivity index is 1.51. The standard InChI is InChI=1S/C23H19FN4O3/c24-16-8-10-18(11-9-16)31-15-22(29)26-13-21-19-6-1-2-7-20(19)23(30)28(27-21)14-17-5-3-4-12-25-17/h1-12H,13-15H2,(H,26,29). The summed E-state index contributed by atoms with van der Waals surface area (Å²) in [6.45, 7) is 0.116. The second-order valence-corrected chi connectivity index (χ2v) is 6.80. The van der Waals surface area contributed by atoms with Crippen molar-refractivity contribution in [2.24, 2.45) is 0 Å². The summed E-state index contributed by atoms with van der Waals surface area (Å²) in [6, 6.07) is 18.0. The number of ether oxygens (including phenoxy) is 1. The molecule has 0 bridgehead atoms. The monoisotopic (exact) mass is 418 g/mol. The Bertz CT molecular complexity index is 1260. The summed E-state index contributed by atoms with van der Waals surface area (Å²) in [4.78, 5) is 29.3. The first kappa shape index (κ1) is 20.2. The molecular formula is C23H19FN4O3. The van der Waals surface area contributed by atoms with Crippen LogP contribution in [0.25, 0.3) is 10.8 Å². The van der Waals surface area contributed by atoms with E-state index in [1.165, 1.54) is 28.9 Å². The Morgan fingerprint density at radius 3 is 2.48 bits per heavy atom. The first-order valence-electron chi connectivity index (χ1n) is 9.64. The zero-order valence-electron chi connectivity index (χ0n) is 16.5. The summed E-state index contributed by atoms with van der Waals surface area (Å²) < 4.78 is 19.7. The number of rotatable bonds is 7. The summed E-state index contributed by atoms with van der Waals surface area (Å²) in [5.74, 6) is -0.350. The van der Waals surface area contributed by atoms with Gasteiger partial charge in [0.1, 0.15) is 11.6 Å². The molecule has 2 aromatic heterocycles. The molecule has 2 aromatic carbocycles. The van der Waals surface area contributed by atoms with Gasteiger partial charge in [0.15, 0.2) is 6.61 Å². The summed E-state index contributed by atoms with van der Waals surface area (Å²) in [7, 11) is 0. The van der Waals surface area contributed by atoms with Crippen LogP contribution in [-0.2, 0) is 17.9 Å². The van der Waals surface area contributed by atoms with Crippen molar-refractivity contribution >= 4 is 16.7 Å². The summed E-state index contributed by atoms with van der Waals surface area (Å²) in [6.07, 6.45) is 1.66. The van der Waals surface area contributed by atoms with E-state index >= 15 is 0 Å². The summed E-state index contributed by atoms with van der Waals surface area (Å²) >= 11 is 0. The van der Waals surface area contributed by atoms with Crippen molar-refractivity contribution in [2.75, 3.05) is 6.61 Å². The van der Waals surface area contributed by atoms with Gasteiger partial charge in [0, 0.05) is 11.6 Å². The molecule has 0 radical (unpaired) electrons. The molecule has 31 heavy (non-hydrogen) atoms. The van der Waals surface area contributed by atoms with E-state index in [9.17, 15) is 14.0 Å². The van der Waals surface area contributed by atoms with Gasteiger partial charge >= 0.3 is 0 Å². The van der Waals surface area contributed by atoms with E-state index in [1.807, 2.05) is 18.2 Å². The van der Waals surface area contributed by atoms with E-state index in [0.29, 0.717) is 27.9 Å². The van der Waals surface area contributed by atoms with Crippen LogP contribution in [0.5, 0.6) is 5.75 Å². The SMILES string of the molecule is O=C(COc1ccc(F)cc1)NCc1nn(Cc2ccccn2)c(=O)c2ccccc12. The second kappa shape index (κ2) is 9.17. The fourth-order valence-electron chi connectivity index (χ4n) is 3.10. The highest BCUT2D eigenvalue weighted by Gasteiger charge is 2.12. The number of amides is 1. The van der Waals surface area contributed by atoms with Crippen LogP contribution in [0.3, 0.4) is 0 Å². The van der Waals surface area contributed by atoms with Crippen molar-refractivity contribution < 1.29 is 13.9 Å². The first-order chi connectivity index (χ1) is 15.1. The molecular weight excluding hydrogens is 399 g/mol. The van der Waals surface area contributed by atoms with Crippen molar-refractivity contribution in [1.82, 2.24) is 20.1 Å². The molecule has 0 aliphatic heterocycles. The molecule has 0 spiro atoms. The number of nitrogens with one attached hydrogen (secondary N) is 1. The van der Waals surface area contributed by atoms with Crippen molar-refractivity contribution in [3.63, 3.8) is 0 Å². The molecule has 1 amide bonds. The maximum Gasteiger partial charge on any atom is 0.275 e. The molecule has 1 N–H and O–H groups in total. The topological polar surface area (TPSA) is 86.1 Å². The largest absolute Gasteiger partial charge is 0.484 e. The van der Waals surface area contributed by atoms with Gasteiger partial charge < -0.3 is 10.1 Å². The Kier molecular flexibility index (Phi) is 5.98. The molecule has 8 heteroatoms. The molecule has 0 saturated carbocycles. The predicted octanol–water partition coefficient (Wildman–Crippen LogP) is 2.67. The molecule has 4 rings (SSSR count). The van der Waals surface area contributed by atoms with Crippen LogP contribution in [0.2, 0.25) is 0 Å². The lowest BCUT2D eigenvalue weighted by Crippen LogP contribution is -2.31. The highest BCUT2D eigenvalue weighted by Crippen LogP contribution is 2.14. The number of fused-ring (bicyclic) bond motifs is 1. The molecule has 0 aliphatic rings. The van der Waals surface area contributed by atoms with Crippen LogP contribution < -0.4 is 15.6 Å². The smallest absolute Gasteiger partial charge is 0.275 e. The normalized spacial score (nSPS) is 10.7. The lowest BCUT2D eigenvalue weighted by atomic mass is 10.1. The number of carbonyl (C=O) groups excluding carboxylic acids is 1. The quantitative estimate of drug-likeness (QED) is 0.499. The number of pyridine rings is 1. The van der Waals surface area contributed by atoms with Crippen LogP contribution in [0, 0.1) is 5.82 Å². The third-order valence-electron chi connectivity index (χ3n) is 4.62. The fraction of sp³-hybridized carbons (Fsp3) is 0.130. The second-order valence-electron chi connectivity index (χ2n) is 6.80. The Hall–Kier alpha value is -4.07. The number of carbonyl (C=O) groups is 1. The van der Waals surface area contributed by atoms with E-state index in [-0.39, 0.29) is 37.0 Å². The van der Waals surface area contributed by atoms with Crippen LogP contribution in [0.4, 0.5) is 4.39 Å². The minimum Gasteiger partial charge on any atom is -0.484 e. The zero-order valence-corrected chi connectivity index (χ0v) is 16.5. The van der Waals surface area contributed by atoms with Gasteiger partial charge in [-0.3, -0.25) is 14.6 Å². The molecule has 4 aromatic rings. The number of hydrogen-bond acceptors (Lipinski definition) is 5. The van der Waals surface area contributed by atoms with E-state index in [1.54, 1.807) is 30.5 Å². The van der Waals surface area contributed by atoms with Gasteiger partial charge in [0.2, 0.25) is 0 Å². The Labute approximate surface area is 177 Å². The number of nitrogens with zero attached hydrogens (tertiary/aromatic N) is 3. The van der Waals surface area contributed by atoms with Crippen molar-refractivity contribution in [3.05, 3.63) is 100 Å². The molecule has 0 aliphatic carbocycles. The lowest BCUT2D eigenvalue weighted by molar-refractivity contribution is -0.123. The van der Waals surface area contributed by atoms with E-state index < -0.39 is 0 Å². The van der Waals surface area contributed by atoms with Crippen LogP contribution in [0.15, 0.2) is 77.7 Å². The Morgan fingerprint density at radius 1 is 1.00 bits per heavy atom. The average molecular weight is 418 g/mol. The predicted molar refractivity (Wildman–Crippen MR) is 113 cm³/mol. The van der Waals surface area contributed by atoms with Crippen molar-refractivity contribution in [3.8, 4) is 5.75 Å². The van der Waals surface area contributed by atoms with Crippen LogP contribution in [-0.4, -0.2) is 27.3 Å². The summed E-state index contributed by atoms with van der Waals surface area (Å²) in [5.41, 5.74) is 1.03. The maximum absolute atomic E-state index is 13.0. The molecule has 2 heterocycles. The van der Waals surface area contributed by atoms with Gasteiger partial charge in [-0.2, -0.15) is 5.10 Å². The Morgan fingerprint density at radius 2 is 1.74 bits per heavy atom. The number of benzene rings is 2. The van der Waals surface area contributed by atoms with Gasteiger partial charge in [-0.1, -0.05) is 24.3 Å². The van der Waals surface area contributed by atoms with Gasteiger partial charge in [-0.25, -0.2) is 9.07 Å². The number of hydrogen-bond donors (Lipinski definition) is 1. The van der Waals surface area contributed by atoms with E-state index in [2.05, 4.69) is 15.4 Å². The third-order valence-corrected chi connectivity index (χ3v) is 4.62. The van der Waals surface area contributed by atoms with E-state index in [0.717, 1.165) is 0 Å². The highest BCUT2D eigenvalue weighted by atomic mass is 19.1. The fourth-order valence-corrected chi connectivity index (χ4v) is 3.10. The molecule has 0 atom stereocenters. The van der Waals surface area contributed by atoms with Crippen LogP contribution in [0.1, 0.15) is 11.4 Å². The van der Waals surface area contributed by atoms with Gasteiger partial charge in [-0.05, 0) is 42.5 Å². The molecule has 0 saturated heterocycles. The minimum absolute atomic E-state index is 0.120. The molecule has 156 valence electrons. The molecule has 0 fully saturated rings. The molecule has 0 unspecified atom stereocenters. The first-order valence-corrected chi connectivity index (χ1v) is 9.64. The number of halogens is 1. The summed E-state index contributed by atoms with van der Waals surface area (Å²) in [5, 5.41) is 8.40. The van der Waals surface area contributed by atoms with Crippen molar-refractivity contribution in [2.45, 2.75) is 13.1 Å². The lowest BCUT2D eigenvalue weighted by Gasteiger charge is -2.12. The highest BCUT2D eigenvalue weighted by molar-refractivity contribution is 5.84. The minimum atomic E-state index is -0.379. The maximum atomic E-state index is 13.0.